The van der Waals surface area contributed by atoms with Crippen LogP contribution in [0.1, 0.15) is 63.9 Å². The van der Waals surface area contributed by atoms with E-state index in [4.69, 9.17) is 4.99 Å². The van der Waals surface area contributed by atoms with Crippen molar-refractivity contribution in [2.75, 3.05) is 33.7 Å². The quantitative estimate of drug-likeness (QED) is 0.532. The van der Waals surface area contributed by atoms with Gasteiger partial charge in [-0.1, -0.05) is 44.4 Å². The Morgan fingerprint density at radius 1 is 1.15 bits per heavy atom. The van der Waals surface area contributed by atoms with Crippen LogP contribution in [0.3, 0.4) is 0 Å². The standard InChI is InChI=1S/C27H43FN6/c1-4-5-16-29-27-30-19-25(32(2)23-11-7-8-12-23)26(33(27)3)31-22-14-17-34(18-15-22)20-21-10-6-9-13-24(21)28/h6,9-10,13,19,22-23,26,31H,4-5,7-8,11-12,14-18,20H2,1-3H3,(H,29,30). The summed E-state index contributed by atoms with van der Waals surface area (Å²) in [5, 5.41) is 7.45. The molecule has 0 radical (unpaired) electrons. The Bertz CT molecular complexity index is 841. The number of piperidine rings is 1. The van der Waals surface area contributed by atoms with Crippen LogP contribution in [-0.2, 0) is 6.54 Å². The predicted molar refractivity (Wildman–Crippen MR) is 138 cm³/mol. The van der Waals surface area contributed by atoms with Crippen molar-refractivity contribution < 1.29 is 4.39 Å². The lowest BCUT2D eigenvalue weighted by Crippen LogP contribution is -2.60. The Balaban J connectivity index is 1.40. The van der Waals surface area contributed by atoms with Gasteiger partial charge in [0, 0.05) is 51.0 Å². The van der Waals surface area contributed by atoms with Crippen molar-refractivity contribution in [2.45, 2.75) is 83.1 Å². The highest BCUT2D eigenvalue weighted by Gasteiger charge is 2.34. The monoisotopic (exact) mass is 470 g/mol. The summed E-state index contributed by atoms with van der Waals surface area (Å²) in [6, 6.07) is 8.20. The smallest absolute Gasteiger partial charge is 0.199 e. The lowest BCUT2D eigenvalue weighted by molar-refractivity contribution is 0.154. The molecular weight excluding hydrogens is 427 g/mol. The highest BCUT2D eigenvalue weighted by Crippen LogP contribution is 2.28. The second-order valence-corrected chi connectivity index (χ2v) is 10.1. The zero-order valence-corrected chi connectivity index (χ0v) is 21.3. The molecule has 2 heterocycles. The van der Waals surface area contributed by atoms with Crippen molar-refractivity contribution in [3.63, 3.8) is 0 Å². The van der Waals surface area contributed by atoms with Gasteiger partial charge in [0.1, 0.15) is 12.0 Å². The van der Waals surface area contributed by atoms with E-state index in [0.29, 0.717) is 18.6 Å². The van der Waals surface area contributed by atoms with Gasteiger partial charge in [-0.3, -0.25) is 15.2 Å². The average Bonchev–Trinajstić information content (AvgIpc) is 3.39. The third-order valence-electron chi connectivity index (χ3n) is 7.74. The van der Waals surface area contributed by atoms with Crippen LogP contribution in [0.15, 0.2) is 41.2 Å². The number of likely N-dealkylation sites (tertiary alicyclic amines) is 1. The number of likely N-dealkylation sites (N-methyl/N-ethyl adjacent to an activating group) is 2. The molecule has 4 rings (SSSR count). The molecule has 1 saturated carbocycles. The minimum atomic E-state index is -0.0984. The Kier molecular flexibility index (Phi) is 8.84. The van der Waals surface area contributed by atoms with Crippen LogP contribution < -0.4 is 10.6 Å². The highest BCUT2D eigenvalue weighted by atomic mass is 19.1. The molecule has 0 aromatic heterocycles. The van der Waals surface area contributed by atoms with Crippen molar-refractivity contribution in [1.82, 2.24) is 25.3 Å². The Morgan fingerprint density at radius 2 is 1.88 bits per heavy atom. The zero-order valence-electron chi connectivity index (χ0n) is 21.3. The topological polar surface area (TPSA) is 46.1 Å². The fourth-order valence-corrected chi connectivity index (χ4v) is 5.48. The van der Waals surface area contributed by atoms with Gasteiger partial charge in [-0.15, -0.1) is 0 Å². The summed E-state index contributed by atoms with van der Waals surface area (Å²) in [4.78, 5) is 12.0. The Hall–Kier alpha value is -2.12. The number of hydrogen-bond donors (Lipinski definition) is 2. The van der Waals surface area contributed by atoms with Crippen LogP contribution in [0.25, 0.3) is 0 Å². The van der Waals surface area contributed by atoms with E-state index in [1.54, 1.807) is 12.1 Å². The molecule has 1 aromatic carbocycles. The summed E-state index contributed by atoms with van der Waals surface area (Å²) >= 11 is 0. The first kappa shape index (κ1) is 25.0. The lowest BCUT2D eigenvalue weighted by Gasteiger charge is -2.44. The molecule has 1 unspecified atom stereocenters. The van der Waals surface area contributed by atoms with Gasteiger partial charge < -0.3 is 15.1 Å². The van der Waals surface area contributed by atoms with Crippen molar-refractivity contribution in [2.24, 2.45) is 4.99 Å². The number of nitrogens with one attached hydrogen (secondary N) is 2. The van der Waals surface area contributed by atoms with Crippen LogP contribution >= 0.6 is 0 Å². The van der Waals surface area contributed by atoms with Crippen LogP contribution in [0.2, 0.25) is 0 Å². The molecule has 1 saturated heterocycles. The van der Waals surface area contributed by atoms with Crippen molar-refractivity contribution in [3.8, 4) is 0 Å². The SMILES string of the molecule is CCCCN=C1NC=C(N(C)C2CCCC2)C(NC2CCN(Cc3ccccc3F)CC2)N1C. The maximum Gasteiger partial charge on any atom is 0.199 e. The van der Waals surface area contributed by atoms with Crippen LogP contribution in [-0.4, -0.2) is 72.6 Å². The van der Waals surface area contributed by atoms with Crippen molar-refractivity contribution in [3.05, 3.63) is 47.5 Å². The zero-order chi connectivity index (χ0) is 23.9. The molecule has 1 atom stereocenters. The first-order chi connectivity index (χ1) is 16.6. The molecule has 0 spiro atoms. The second kappa shape index (κ2) is 12.0. The van der Waals surface area contributed by atoms with E-state index in [9.17, 15) is 4.39 Å². The summed E-state index contributed by atoms with van der Waals surface area (Å²) < 4.78 is 14.1. The third kappa shape index (κ3) is 6.11. The number of unbranched alkanes of at least 4 members (excludes halogenated alkanes) is 1. The van der Waals surface area contributed by atoms with E-state index in [1.807, 2.05) is 12.1 Å². The molecule has 6 nitrogen and oxygen atoms in total. The number of hydrogen-bond acceptors (Lipinski definition) is 4. The van der Waals surface area contributed by atoms with Gasteiger partial charge in [0.25, 0.3) is 0 Å². The third-order valence-corrected chi connectivity index (χ3v) is 7.74. The van der Waals surface area contributed by atoms with Gasteiger partial charge in [0.05, 0.1) is 5.70 Å². The molecule has 2 N–H and O–H groups in total. The van der Waals surface area contributed by atoms with E-state index in [1.165, 1.54) is 31.4 Å². The molecule has 0 amide bonds. The number of rotatable bonds is 9. The maximum atomic E-state index is 14.1. The van der Waals surface area contributed by atoms with E-state index >= 15 is 0 Å². The second-order valence-electron chi connectivity index (χ2n) is 10.1. The molecule has 188 valence electrons. The van der Waals surface area contributed by atoms with Gasteiger partial charge in [0.15, 0.2) is 5.96 Å². The molecular formula is C27H43FN6. The van der Waals surface area contributed by atoms with Crippen LogP contribution in [0.5, 0.6) is 0 Å². The van der Waals surface area contributed by atoms with Gasteiger partial charge in [-0.05, 0) is 51.3 Å². The molecule has 1 aromatic rings. The first-order valence-corrected chi connectivity index (χ1v) is 13.2. The fraction of sp³-hybridized carbons (Fsp3) is 0.667. The van der Waals surface area contributed by atoms with Gasteiger partial charge in [-0.2, -0.15) is 0 Å². The number of nitrogens with zero attached hydrogens (tertiary/aromatic N) is 4. The predicted octanol–water partition coefficient (Wildman–Crippen LogP) is 4.11. The Morgan fingerprint density at radius 3 is 2.59 bits per heavy atom. The number of benzene rings is 1. The minimum absolute atomic E-state index is 0.0984. The lowest BCUT2D eigenvalue weighted by atomic mass is 10.0. The van der Waals surface area contributed by atoms with E-state index in [-0.39, 0.29) is 12.0 Å². The molecule has 2 fully saturated rings. The first-order valence-electron chi connectivity index (χ1n) is 13.2. The molecule has 7 heteroatoms. The summed E-state index contributed by atoms with van der Waals surface area (Å²) in [6.45, 7) is 5.71. The van der Waals surface area contributed by atoms with E-state index in [2.05, 4.69) is 52.6 Å². The van der Waals surface area contributed by atoms with E-state index < -0.39 is 0 Å². The minimum Gasteiger partial charge on any atom is -0.371 e. The summed E-state index contributed by atoms with van der Waals surface area (Å²) in [6.07, 6.45) is 11.9. The van der Waals surface area contributed by atoms with Crippen molar-refractivity contribution >= 4 is 5.96 Å². The molecule has 2 aliphatic heterocycles. The molecule has 3 aliphatic rings. The normalized spacial score (nSPS) is 23.9. The molecule has 34 heavy (non-hydrogen) atoms. The summed E-state index contributed by atoms with van der Waals surface area (Å²) in [5.74, 6) is 0.852. The van der Waals surface area contributed by atoms with Gasteiger partial charge in [-0.25, -0.2) is 4.39 Å². The highest BCUT2D eigenvalue weighted by molar-refractivity contribution is 5.82. The van der Waals surface area contributed by atoms with E-state index in [0.717, 1.165) is 56.8 Å². The summed E-state index contributed by atoms with van der Waals surface area (Å²) in [7, 11) is 4.40. The Labute approximate surface area is 205 Å². The van der Waals surface area contributed by atoms with Gasteiger partial charge >= 0.3 is 0 Å². The largest absolute Gasteiger partial charge is 0.371 e. The van der Waals surface area contributed by atoms with Crippen LogP contribution in [0.4, 0.5) is 4.39 Å². The number of guanidine groups is 1. The fourth-order valence-electron chi connectivity index (χ4n) is 5.48. The molecule has 1 aliphatic carbocycles. The summed E-state index contributed by atoms with van der Waals surface area (Å²) in [5.41, 5.74) is 2.10. The van der Waals surface area contributed by atoms with Crippen molar-refractivity contribution in [1.29, 1.82) is 0 Å². The maximum absolute atomic E-state index is 14.1. The molecule has 0 bridgehead atoms. The average molecular weight is 471 g/mol. The number of halogens is 1. The van der Waals surface area contributed by atoms with Crippen LogP contribution in [0, 0.1) is 5.82 Å². The number of aliphatic imine (C=N–C) groups is 1. The van der Waals surface area contributed by atoms with Gasteiger partial charge in [0.2, 0.25) is 0 Å².